The zero-order valence-electron chi connectivity index (χ0n) is 13.2. The molecule has 1 saturated heterocycles. The Hall–Kier alpha value is -1.10. The maximum Gasteiger partial charge on any atom is 0.119 e. The van der Waals surface area contributed by atoms with Crippen LogP contribution in [-0.4, -0.2) is 49.5 Å². The minimum Gasteiger partial charge on any atom is -0.494 e. The van der Waals surface area contributed by atoms with E-state index in [1.807, 2.05) is 31.2 Å². The fraction of sp³-hybridized carbons (Fsp3) is 0.647. The number of hydrogen-bond donors (Lipinski definition) is 1. The van der Waals surface area contributed by atoms with Gasteiger partial charge >= 0.3 is 0 Å². The van der Waals surface area contributed by atoms with Gasteiger partial charge in [0.1, 0.15) is 11.4 Å². The molecule has 1 aromatic rings. The van der Waals surface area contributed by atoms with Gasteiger partial charge in [-0.2, -0.15) is 0 Å². The Morgan fingerprint density at radius 2 is 1.86 bits per heavy atom. The number of aliphatic hydroxyl groups is 1. The van der Waals surface area contributed by atoms with Gasteiger partial charge in [0.25, 0.3) is 0 Å². The molecule has 1 N–H and O–H groups in total. The van der Waals surface area contributed by atoms with Crippen molar-refractivity contribution in [1.82, 2.24) is 4.90 Å². The maximum absolute atomic E-state index is 11.1. The van der Waals surface area contributed by atoms with Crippen molar-refractivity contribution in [2.75, 3.05) is 39.5 Å². The molecule has 1 aromatic carbocycles. The van der Waals surface area contributed by atoms with Crippen molar-refractivity contribution in [3.05, 3.63) is 29.8 Å². The lowest BCUT2D eigenvalue weighted by Gasteiger charge is -2.36. The summed E-state index contributed by atoms with van der Waals surface area (Å²) in [6, 6.07) is 7.86. The molecule has 0 aliphatic carbocycles. The third-order valence-corrected chi connectivity index (χ3v) is 3.96. The first-order valence-corrected chi connectivity index (χ1v) is 7.94. The lowest BCUT2D eigenvalue weighted by atomic mass is 9.88. The van der Waals surface area contributed by atoms with Crippen molar-refractivity contribution in [2.24, 2.45) is 0 Å². The summed E-state index contributed by atoms with van der Waals surface area (Å²) in [4.78, 5) is 2.29. The van der Waals surface area contributed by atoms with Crippen LogP contribution in [0.1, 0.15) is 32.3 Å². The summed E-state index contributed by atoms with van der Waals surface area (Å²) in [5.41, 5.74) is 0.177. The van der Waals surface area contributed by atoms with Crippen molar-refractivity contribution < 1.29 is 14.6 Å². The van der Waals surface area contributed by atoms with E-state index in [4.69, 9.17) is 9.47 Å². The van der Waals surface area contributed by atoms with Gasteiger partial charge < -0.3 is 14.6 Å². The molecule has 0 spiro atoms. The van der Waals surface area contributed by atoms with Crippen molar-refractivity contribution in [1.29, 1.82) is 0 Å². The Balaban J connectivity index is 2.11. The van der Waals surface area contributed by atoms with E-state index in [2.05, 4.69) is 11.8 Å². The highest BCUT2D eigenvalue weighted by Gasteiger charge is 2.31. The van der Waals surface area contributed by atoms with Gasteiger partial charge in [0.05, 0.1) is 19.8 Å². The van der Waals surface area contributed by atoms with Crippen LogP contribution in [0.5, 0.6) is 5.75 Å². The fourth-order valence-electron chi connectivity index (χ4n) is 2.89. The zero-order chi connectivity index (χ0) is 15.1. The maximum atomic E-state index is 11.1. The molecule has 0 saturated carbocycles. The van der Waals surface area contributed by atoms with Crippen LogP contribution in [0.25, 0.3) is 0 Å². The monoisotopic (exact) mass is 293 g/mol. The first-order valence-electron chi connectivity index (χ1n) is 7.94. The molecular formula is C17H27NO3. The first kappa shape index (κ1) is 16.3. The Kier molecular flexibility index (Phi) is 6.03. The molecule has 4 nitrogen and oxygen atoms in total. The Labute approximate surface area is 127 Å². The second-order valence-electron chi connectivity index (χ2n) is 5.63. The van der Waals surface area contributed by atoms with E-state index < -0.39 is 5.60 Å². The molecule has 2 rings (SSSR count). The van der Waals surface area contributed by atoms with Gasteiger partial charge in [-0.3, -0.25) is 4.90 Å². The van der Waals surface area contributed by atoms with Gasteiger partial charge in [-0.1, -0.05) is 25.5 Å². The summed E-state index contributed by atoms with van der Waals surface area (Å²) in [5, 5.41) is 11.1. The van der Waals surface area contributed by atoms with Gasteiger partial charge in [0.15, 0.2) is 0 Å². The van der Waals surface area contributed by atoms with Crippen LogP contribution in [0.3, 0.4) is 0 Å². The quantitative estimate of drug-likeness (QED) is 0.838. The standard InChI is InChI=1S/C17H27NO3/c1-3-9-17(19,14-18-10-12-20-13-11-18)15-5-7-16(8-6-15)21-4-2/h5-8,19H,3-4,9-14H2,1-2H3. The molecule has 0 bridgehead atoms. The molecular weight excluding hydrogens is 266 g/mol. The Morgan fingerprint density at radius 1 is 1.19 bits per heavy atom. The van der Waals surface area contributed by atoms with Crippen LogP contribution < -0.4 is 4.74 Å². The van der Waals surface area contributed by atoms with E-state index in [0.29, 0.717) is 13.2 Å². The summed E-state index contributed by atoms with van der Waals surface area (Å²) >= 11 is 0. The van der Waals surface area contributed by atoms with Crippen LogP contribution in [-0.2, 0) is 10.3 Å². The van der Waals surface area contributed by atoms with Crippen molar-refractivity contribution in [3.8, 4) is 5.75 Å². The number of morpholine rings is 1. The summed E-state index contributed by atoms with van der Waals surface area (Å²) in [6.07, 6.45) is 1.71. The number of β-amino-alcohol motifs (C(OH)–C–C–N with tert-alkyl or cyclic N) is 1. The number of hydrogen-bond acceptors (Lipinski definition) is 4. The molecule has 1 fully saturated rings. The van der Waals surface area contributed by atoms with Gasteiger partial charge in [-0.25, -0.2) is 0 Å². The highest BCUT2D eigenvalue weighted by Crippen LogP contribution is 2.29. The molecule has 1 aliphatic rings. The van der Waals surface area contributed by atoms with E-state index in [9.17, 15) is 5.11 Å². The summed E-state index contributed by atoms with van der Waals surface area (Å²) in [6.45, 7) is 8.70. The number of nitrogens with zero attached hydrogens (tertiary/aromatic N) is 1. The summed E-state index contributed by atoms with van der Waals surface area (Å²) in [7, 11) is 0. The predicted octanol–water partition coefficient (Wildman–Crippen LogP) is 2.41. The fourth-order valence-corrected chi connectivity index (χ4v) is 2.89. The van der Waals surface area contributed by atoms with E-state index >= 15 is 0 Å². The third-order valence-electron chi connectivity index (χ3n) is 3.96. The third kappa shape index (κ3) is 4.43. The normalized spacial score (nSPS) is 19.2. The molecule has 21 heavy (non-hydrogen) atoms. The van der Waals surface area contributed by atoms with Crippen LogP contribution in [0.2, 0.25) is 0 Å². The average molecular weight is 293 g/mol. The lowest BCUT2D eigenvalue weighted by molar-refractivity contribution is -0.0405. The van der Waals surface area contributed by atoms with Crippen LogP contribution in [0, 0.1) is 0 Å². The highest BCUT2D eigenvalue weighted by atomic mass is 16.5. The van der Waals surface area contributed by atoms with E-state index in [-0.39, 0.29) is 0 Å². The molecule has 0 amide bonds. The topological polar surface area (TPSA) is 41.9 Å². The highest BCUT2D eigenvalue weighted by molar-refractivity contribution is 5.31. The summed E-state index contributed by atoms with van der Waals surface area (Å²) in [5.74, 6) is 0.853. The minimum absolute atomic E-state index is 0.659. The molecule has 0 aromatic heterocycles. The molecule has 4 heteroatoms. The average Bonchev–Trinajstić information content (AvgIpc) is 2.49. The second-order valence-corrected chi connectivity index (χ2v) is 5.63. The molecule has 1 aliphatic heterocycles. The predicted molar refractivity (Wildman–Crippen MR) is 83.7 cm³/mol. The van der Waals surface area contributed by atoms with Gasteiger partial charge in [-0.05, 0) is 31.0 Å². The molecule has 1 atom stereocenters. The van der Waals surface area contributed by atoms with Crippen LogP contribution >= 0.6 is 0 Å². The Bertz CT molecular complexity index is 415. The lowest BCUT2D eigenvalue weighted by Crippen LogP contribution is -2.46. The number of benzene rings is 1. The Morgan fingerprint density at radius 3 is 2.43 bits per heavy atom. The number of rotatable bonds is 7. The molecule has 1 heterocycles. The minimum atomic E-state index is -0.795. The van der Waals surface area contributed by atoms with Gasteiger partial charge in [-0.15, -0.1) is 0 Å². The second kappa shape index (κ2) is 7.78. The van der Waals surface area contributed by atoms with Gasteiger partial charge in [0, 0.05) is 19.6 Å². The zero-order valence-corrected chi connectivity index (χ0v) is 13.2. The smallest absolute Gasteiger partial charge is 0.119 e. The molecule has 0 radical (unpaired) electrons. The largest absolute Gasteiger partial charge is 0.494 e. The van der Waals surface area contributed by atoms with Gasteiger partial charge in [0.2, 0.25) is 0 Å². The number of ether oxygens (including phenoxy) is 2. The van der Waals surface area contributed by atoms with E-state index in [0.717, 1.165) is 50.5 Å². The van der Waals surface area contributed by atoms with E-state index in [1.165, 1.54) is 0 Å². The van der Waals surface area contributed by atoms with Crippen molar-refractivity contribution >= 4 is 0 Å². The summed E-state index contributed by atoms with van der Waals surface area (Å²) < 4.78 is 10.9. The van der Waals surface area contributed by atoms with Crippen LogP contribution in [0.15, 0.2) is 24.3 Å². The van der Waals surface area contributed by atoms with Crippen molar-refractivity contribution in [2.45, 2.75) is 32.3 Å². The molecule has 118 valence electrons. The van der Waals surface area contributed by atoms with Crippen molar-refractivity contribution in [3.63, 3.8) is 0 Å². The van der Waals surface area contributed by atoms with Crippen LogP contribution in [0.4, 0.5) is 0 Å². The van der Waals surface area contributed by atoms with E-state index in [1.54, 1.807) is 0 Å². The first-order chi connectivity index (χ1) is 10.2. The molecule has 1 unspecified atom stereocenters. The SMILES string of the molecule is CCCC(O)(CN1CCOCC1)c1ccc(OCC)cc1.